The molecule has 0 aromatic carbocycles. The lowest BCUT2D eigenvalue weighted by Crippen LogP contribution is -2.32. The van der Waals surface area contributed by atoms with Crippen LogP contribution in [-0.4, -0.2) is 35.7 Å². The van der Waals surface area contributed by atoms with Crippen molar-refractivity contribution in [3.05, 3.63) is 15.9 Å². The van der Waals surface area contributed by atoms with E-state index in [0.717, 1.165) is 29.7 Å². The summed E-state index contributed by atoms with van der Waals surface area (Å²) in [5.74, 6) is 0.433. The van der Waals surface area contributed by atoms with E-state index in [1.54, 1.807) is 0 Å². The zero-order valence-corrected chi connectivity index (χ0v) is 13.4. The summed E-state index contributed by atoms with van der Waals surface area (Å²) in [5.41, 5.74) is 1.52. The Morgan fingerprint density at radius 2 is 2.16 bits per heavy atom. The summed E-state index contributed by atoms with van der Waals surface area (Å²) >= 11 is 3.46. The van der Waals surface area contributed by atoms with Crippen LogP contribution in [0.4, 0.5) is 0 Å². The molecule has 1 aliphatic carbocycles. The molecule has 2 rings (SSSR count). The molecule has 1 aliphatic rings. The van der Waals surface area contributed by atoms with E-state index in [1.165, 1.54) is 12.8 Å². The second-order valence-electron chi connectivity index (χ2n) is 4.58. The van der Waals surface area contributed by atoms with E-state index < -0.39 is 0 Å². The van der Waals surface area contributed by atoms with Crippen LogP contribution >= 0.6 is 28.3 Å². The molecule has 0 radical (unpaired) electrons. The second-order valence-corrected chi connectivity index (χ2v) is 5.37. The number of hydrogen-bond acceptors (Lipinski definition) is 3. The summed E-state index contributed by atoms with van der Waals surface area (Å²) < 4.78 is 0.823. The standard InChI is InChI=1S/C12H19BrN4O.ClH/c1-2-5-14-6-7-15-12(18)11-9(13)10(16-17-11)8-3-4-8;/h8,14H,2-7H2,1H3,(H,15,18)(H,16,17);1H. The predicted molar refractivity (Wildman–Crippen MR) is 81.0 cm³/mol. The van der Waals surface area contributed by atoms with Gasteiger partial charge in [0.25, 0.3) is 5.91 Å². The molecule has 0 saturated heterocycles. The van der Waals surface area contributed by atoms with Gasteiger partial charge >= 0.3 is 0 Å². The minimum absolute atomic E-state index is 0. The smallest absolute Gasteiger partial charge is 0.273 e. The summed E-state index contributed by atoms with van der Waals surface area (Å²) in [6.45, 7) is 4.51. The molecular formula is C12H20BrClN4O. The monoisotopic (exact) mass is 350 g/mol. The van der Waals surface area contributed by atoms with Crippen molar-refractivity contribution in [2.75, 3.05) is 19.6 Å². The van der Waals surface area contributed by atoms with E-state index in [2.05, 4.69) is 43.7 Å². The normalized spacial score (nSPS) is 14.0. The number of carbonyl (C=O) groups is 1. The van der Waals surface area contributed by atoms with Gasteiger partial charge in [-0.3, -0.25) is 9.89 Å². The van der Waals surface area contributed by atoms with Crippen molar-refractivity contribution in [2.45, 2.75) is 32.1 Å². The predicted octanol–water partition coefficient (Wildman–Crippen LogP) is 2.20. The van der Waals surface area contributed by atoms with Gasteiger partial charge in [0.2, 0.25) is 0 Å². The maximum atomic E-state index is 11.9. The number of H-pyrrole nitrogens is 1. The van der Waals surface area contributed by atoms with Crippen molar-refractivity contribution in [1.29, 1.82) is 0 Å². The molecule has 1 fully saturated rings. The number of aromatic amines is 1. The number of carbonyl (C=O) groups excluding carboxylic acids is 1. The van der Waals surface area contributed by atoms with E-state index in [1.807, 2.05) is 0 Å². The minimum Gasteiger partial charge on any atom is -0.349 e. The fourth-order valence-electron chi connectivity index (χ4n) is 1.78. The number of halogens is 2. The molecule has 3 N–H and O–H groups in total. The fraction of sp³-hybridized carbons (Fsp3) is 0.667. The van der Waals surface area contributed by atoms with Crippen LogP contribution in [0.2, 0.25) is 0 Å². The van der Waals surface area contributed by atoms with Gasteiger partial charge < -0.3 is 10.6 Å². The minimum atomic E-state index is -0.122. The number of aromatic nitrogens is 2. The van der Waals surface area contributed by atoms with Crippen molar-refractivity contribution in [2.24, 2.45) is 0 Å². The van der Waals surface area contributed by atoms with Crippen molar-refractivity contribution < 1.29 is 4.79 Å². The maximum absolute atomic E-state index is 11.9. The van der Waals surface area contributed by atoms with Gasteiger partial charge in [-0.1, -0.05) is 6.92 Å². The van der Waals surface area contributed by atoms with Crippen LogP contribution in [-0.2, 0) is 0 Å². The van der Waals surface area contributed by atoms with Crippen molar-refractivity contribution in [3.63, 3.8) is 0 Å². The number of amides is 1. The quantitative estimate of drug-likeness (QED) is 0.660. The molecule has 1 amide bonds. The molecule has 0 bridgehead atoms. The van der Waals surface area contributed by atoms with Crippen LogP contribution in [0.15, 0.2) is 4.47 Å². The van der Waals surface area contributed by atoms with E-state index >= 15 is 0 Å². The Labute approximate surface area is 127 Å². The molecule has 19 heavy (non-hydrogen) atoms. The van der Waals surface area contributed by atoms with Crippen LogP contribution < -0.4 is 10.6 Å². The number of hydrogen-bond donors (Lipinski definition) is 3. The van der Waals surface area contributed by atoms with Gasteiger partial charge in [0.15, 0.2) is 5.69 Å². The van der Waals surface area contributed by atoms with Gasteiger partial charge in [-0.05, 0) is 41.7 Å². The lowest BCUT2D eigenvalue weighted by atomic mass is 10.2. The molecule has 0 spiro atoms. The zero-order chi connectivity index (χ0) is 13.0. The lowest BCUT2D eigenvalue weighted by molar-refractivity contribution is 0.0948. The summed E-state index contributed by atoms with van der Waals surface area (Å²) in [6.07, 6.45) is 3.47. The van der Waals surface area contributed by atoms with E-state index in [-0.39, 0.29) is 18.3 Å². The number of nitrogens with one attached hydrogen (secondary N) is 3. The molecule has 0 unspecified atom stereocenters. The van der Waals surface area contributed by atoms with Gasteiger partial charge in [-0.25, -0.2) is 0 Å². The van der Waals surface area contributed by atoms with Gasteiger partial charge in [-0.15, -0.1) is 12.4 Å². The molecule has 1 aromatic rings. The Bertz CT molecular complexity index is 420. The van der Waals surface area contributed by atoms with Gasteiger partial charge in [-0.2, -0.15) is 5.10 Å². The SMILES string of the molecule is CCCNCCNC(=O)c1n[nH]c(C2CC2)c1Br.Cl. The highest BCUT2D eigenvalue weighted by atomic mass is 79.9. The second kappa shape index (κ2) is 7.87. The Morgan fingerprint density at radius 3 is 2.79 bits per heavy atom. The molecule has 1 heterocycles. The van der Waals surface area contributed by atoms with E-state index in [9.17, 15) is 4.79 Å². The average Bonchev–Trinajstić information content (AvgIpc) is 3.12. The van der Waals surface area contributed by atoms with E-state index in [0.29, 0.717) is 18.2 Å². The number of nitrogens with zero attached hydrogens (tertiary/aromatic N) is 1. The molecule has 0 aliphatic heterocycles. The third-order valence-corrected chi connectivity index (χ3v) is 3.75. The van der Waals surface area contributed by atoms with Gasteiger partial charge in [0.05, 0.1) is 10.2 Å². The summed E-state index contributed by atoms with van der Waals surface area (Å²) in [5, 5.41) is 13.1. The largest absolute Gasteiger partial charge is 0.349 e. The van der Waals surface area contributed by atoms with Gasteiger partial charge in [0.1, 0.15) is 0 Å². The molecule has 1 aromatic heterocycles. The third kappa shape index (κ3) is 4.47. The maximum Gasteiger partial charge on any atom is 0.273 e. The molecule has 108 valence electrons. The van der Waals surface area contributed by atoms with Crippen LogP contribution in [0, 0.1) is 0 Å². The van der Waals surface area contributed by atoms with E-state index in [4.69, 9.17) is 0 Å². The molecule has 7 heteroatoms. The van der Waals surface area contributed by atoms with Crippen LogP contribution in [0.1, 0.15) is 48.3 Å². The Balaban J connectivity index is 0.00000180. The summed E-state index contributed by atoms with van der Waals surface area (Å²) in [7, 11) is 0. The zero-order valence-electron chi connectivity index (χ0n) is 11.0. The van der Waals surface area contributed by atoms with Crippen molar-refractivity contribution in [1.82, 2.24) is 20.8 Å². The first-order valence-corrected chi connectivity index (χ1v) is 7.26. The Kier molecular flexibility index (Phi) is 6.82. The summed E-state index contributed by atoms with van der Waals surface area (Å²) in [4.78, 5) is 11.9. The van der Waals surface area contributed by atoms with Crippen molar-refractivity contribution >= 4 is 34.2 Å². The van der Waals surface area contributed by atoms with Crippen molar-refractivity contribution in [3.8, 4) is 0 Å². The summed E-state index contributed by atoms with van der Waals surface area (Å²) in [6, 6.07) is 0. The lowest BCUT2D eigenvalue weighted by Gasteiger charge is -2.04. The highest BCUT2D eigenvalue weighted by Gasteiger charge is 2.30. The topological polar surface area (TPSA) is 69.8 Å². The first kappa shape index (κ1) is 16.5. The average molecular weight is 352 g/mol. The van der Waals surface area contributed by atoms with Crippen LogP contribution in [0.3, 0.4) is 0 Å². The van der Waals surface area contributed by atoms with Crippen LogP contribution in [0.5, 0.6) is 0 Å². The van der Waals surface area contributed by atoms with Gasteiger partial charge in [0, 0.05) is 19.0 Å². The number of rotatable bonds is 7. The molecule has 0 atom stereocenters. The highest BCUT2D eigenvalue weighted by molar-refractivity contribution is 9.10. The molecular weight excluding hydrogens is 332 g/mol. The highest BCUT2D eigenvalue weighted by Crippen LogP contribution is 2.42. The third-order valence-electron chi connectivity index (χ3n) is 2.95. The Morgan fingerprint density at radius 1 is 1.42 bits per heavy atom. The first-order valence-electron chi connectivity index (χ1n) is 6.46. The molecule has 1 saturated carbocycles. The molecule has 5 nitrogen and oxygen atoms in total. The first-order chi connectivity index (χ1) is 8.74. The fourth-order valence-corrected chi connectivity index (χ4v) is 2.47. The Hall–Kier alpha value is -0.590. The van der Waals surface area contributed by atoms with Crippen LogP contribution in [0.25, 0.3) is 0 Å².